The molecular formula is C20H27F8N7O2. The van der Waals surface area contributed by atoms with Gasteiger partial charge in [-0.25, -0.2) is 19.0 Å². The van der Waals surface area contributed by atoms with Crippen molar-refractivity contribution < 1.29 is 44.6 Å². The molecule has 37 heavy (non-hydrogen) atoms. The van der Waals surface area contributed by atoms with Crippen molar-refractivity contribution in [1.29, 1.82) is 0 Å². The highest BCUT2D eigenvalue weighted by Crippen LogP contribution is 2.27. The van der Waals surface area contributed by atoms with Crippen LogP contribution in [0.4, 0.5) is 35.1 Å². The van der Waals surface area contributed by atoms with Gasteiger partial charge in [0.1, 0.15) is 5.82 Å². The Labute approximate surface area is 207 Å². The summed E-state index contributed by atoms with van der Waals surface area (Å²) < 4.78 is 107. The molecule has 0 amide bonds. The summed E-state index contributed by atoms with van der Waals surface area (Å²) in [5.41, 5.74) is 2.66. The molecule has 0 atom stereocenters. The Morgan fingerprint density at radius 1 is 0.730 bits per heavy atom. The van der Waals surface area contributed by atoms with Crippen LogP contribution in [-0.2, 0) is 27.3 Å². The number of rotatable bonds is 4. The molecule has 0 saturated carbocycles. The third-order valence-electron chi connectivity index (χ3n) is 4.61. The number of aryl methyl sites for hydroxylation is 6. The molecule has 0 aliphatic carbocycles. The second-order valence-corrected chi connectivity index (χ2v) is 7.66. The summed E-state index contributed by atoms with van der Waals surface area (Å²) in [6, 6.07) is 0. The number of hydrogen-bond donors (Lipinski definition) is 0. The van der Waals surface area contributed by atoms with Crippen molar-refractivity contribution in [3.05, 3.63) is 34.2 Å². The molecule has 0 fully saturated rings. The SMILES string of the molecule is Cc1nc(C(F)(F)F)n(C)n1.Cc1nn(C)c(OC(F)F)c1C.Cc1nn(C)c(OCC(F)(F)F)c1C. The topological polar surface area (TPSA) is 84.8 Å². The second-order valence-electron chi connectivity index (χ2n) is 7.66. The fraction of sp³-hybridized carbons (Fsp3) is 0.600. The smallest absolute Gasteiger partial charge is 0.451 e. The highest BCUT2D eigenvalue weighted by Gasteiger charge is 2.36. The molecule has 17 heteroatoms. The monoisotopic (exact) mass is 549 g/mol. The lowest BCUT2D eigenvalue weighted by Gasteiger charge is -2.09. The zero-order chi connectivity index (χ0) is 28.9. The van der Waals surface area contributed by atoms with E-state index >= 15 is 0 Å². The van der Waals surface area contributed by atoms with Crippen LogP contribution in [0.15, 0.2) is 0 Å². The highest BCUT2D eigenvalue weighted by atomic mass is 19.4. The summed E-state index contributed by atoms with van der Waals surface area (Å²) >= 11 is 0. The predicted octanol–water partition coefficient (Wildman–Crippen LogP) is 4.76. The molecule has 0 unspecified atom stereocenters. The van der Waals surface area contributed by atoms with E-state index in [2.05, 4.69) is 29.8 Å². The van der Waals surface area contributed by atoms with Gasteiger partial charge in [-0.1, -0.05) is 0 Å². The van der Waals surface area contributed by atoms with E-state index in [4.69, 9.17) is 0 Å². The van der Waals surface area contributed by atoms with Crippen LogP contribution in [0.25, 0.3) is 0 Å². The molecule has 3 heterocycles. The largest absolute Gasteiger partial charge is 0.468 e. The maximum Gasteiger partial charge on any atom is 0.451 e. The molecule has 9 nitrogen and oxygen atoms in total. The van der Waals surface area contributed by atoms with Crippen LogP contribution < -0.4 is 9.47 Å². The van der Waals surface area contributed by atoms with Gasteiger partial charge in [-0.2, -0.15) is 50.4 Å². The van der Waals surface area contributed by atoms with Crippen molar-refractivity contribution in [2.24, 2.45) is 21.1 Å². The van der Waals surface area contributed by atoms with Gasteiger partial charge in [0.2, 0.25) is 17.6 Å². The fourth-order valence-electron chi connectivity index (χ4n) is 2.85. The summed E-state index contributed by atoms with van der Waals surface area (Å²) in [7, 11) is 4.33. The van der Waals surface area contributed by atoms with Crippen LogP contribution in [0, 0.1) is 34.6 Å². The first-order chi connectivity index (χ1) is 16.7. The molecule has 0 aliphatic heterocycles. The standard InChI is InChI=1S/C8H11F3N2O.C7H10F2N2O.C5H6F3N3/c1-5-6(2)12-13(3)7(5)14-4-8(9,10)11;1-4-5(2)10-11(3)6(4)12-7(8)9;1-3-9-4(5(6,7)8)11(2)10-3/h4H2,1-3H3;7H,1-3H3;1-2H3. The minimum absolute atomic E-state index is 0.125. The van der Waals surface area contributed by atoms with E-state index in [0.29, 0.717) is 22.5 Å². The zero-order valence-electron chi connectivity index (χ0n) is 21.3. The van der Waals surface area contributed by atoms with Crippen LogP contribution in [-0.4, -0.2) is 53.7 Å². The first kappa shape index (κ1) is 31.6. The number of alkyl halides is 8. The van der Waals surface area contributed by atoms with E-state index in [0.717, 1.165) is 4.68 Å². The van der Waals surface area contributed by atoms with Gasteiger partial charge in [0, 0.05) is 32.3 Å². The zero-order valence-corrected chi connectivity index (χ0v) is 21.3. The molecule has 3 rings (SSSR count). The number of aromatic nitrogens is 7. The van der Waals surface area contributed by atoms with E-state index < -0.39 is 31.4 Å². The Bertz CT molecular complexity index is 1160. The lowest BCUT2D eigenvalue weighted by atomic mass is 10.3. The van der Waals surface area contributed by atoms with Gasteiger partial charge in [-0.3, -0.25) is 0 Å². The van der Waals surface area contributed by atoms with E-state index in [1.165, 1.54) is 23.3 Å². The quantitative estimate of drug-likeness (QED) is 0.437. The molecule has 0 N–H and O–H groups in total. The van der Waals surface area contributed by atoms with Gasteiger partial charge in [0.05, 0.1) is 11.4 Å². The van der Waals surface area contributed by atoms with Crippen molar-refractivity contribution in [3.8, 4) is 11.8 Å². The molecule has 0 saturated heterocycles. The van der Waals surface area contributed by atoms with Gasteiger partial charge < -0.3 is 9.47 Å². The lowest BCUT2D eigenvalue weighted by molar-refractivity contribution is -0.154. The Hall–Kier alpha value is -3.40. The first-order valence-electron chi connectivity index (χ1n) is 10.3. The van der Waals surface area contributed by atoms with Crippen molar-refractivity contribution in [3.63, 3.8) is 0 Å². The first-order valence-corrected chi connectivity index (χ1v) is 10.3. The van der Waals surface area contributed by atoms with Crippen LogP contribution >= 0.6 is 0 Å². The minimum Gasteiger partial charge on any atom is -0.468 e. The Kier molecular flexibility index (Phi) is 10.5. The van der Waals surface area contributed by atoms with Crippen LogP contribution in [0.5, 0.6) is 11.8 Å². The van der Waals surface area contributed by atoms with Crippen LogP contribution in [0.3, 0.4) is 0 Å². The van der Waals surface area contributed by atoms with Crippen molar-refractivity contribution in [1.82, 2.24) is 34.3 Å². The molecular weight excluding hydrogens is 522 g/mol. The van der Waals surface area contributed by atoms with Crippen molar-refractivity contribution >= 4 is 0 Å². The highest BCUT2D eigenvalue weighted by molar-refractivity contribution is 5.29. The molecule has 210 valence electrons. The van der Waals surface area contributed by atoms with E-state index in [1.54, 1.807) is 41.8 Å². The normalized spacial score (nSPS) is 11.6. The molecule has 0 radical (unpaired) electrons. The Morgan fingerprint density at radius 2 is 1.19 bits per heavy atom. The van der Waals surface area contributed by atoms with Gasteiger partial charge in [0.15, 0.2) is 6.61 Å². The third-order valence-corrected chi connectivity index (χ3v) is 4.61. The fourth-order valence-corrected chi connectivity index (χ4v) is 2.85. The summed E-state index contributed by atoms with van der Waals surface area (Å²) in [5.74, 6) is -0.544. The summed E-state index contributed by atoms with van der Waals surface area (Å²) in [4.78, 5) is 3.21. The number of nitrogens with zero attached hydrogens (tertiary/aromatic N) is 7. The van der Waals surface area contributed by atoms with Crippen LogP contribution in [0.1, 0.15) is 34.2 Å². The van der Waals surface area contributed by atoms with Gasteiger partial charge in [-0.05, 0) is 34.6 Å². The molecule has 0 aromatic carbocycles. The molecule has 0 spiro atoms. The van der Waals surface area contributed by atoms with E-state index in [-0.39, 0.29) is 17.6 Å². The summed E-state index contributed by atoms with van der Waals surface area (Å²) in [6.07, 6.45) is -8.72. The number of ether oxygens (including phenoxy) is 2. The summed E-state index contributed by atoms with van der Waals surface area (Å²) in [5, 5.41) is 11.3. The molecule has 3 aromatic rings. The number of halogens is 8. The van der Waals surface area contributed by atoms with Gasteiger partial charge in [0.25, 0.3) is 0 Å². The van der Waals surface area contributed by atoms with E-state index in [1.807, 2.05) is 0 Å². The maximum absolute atomic E-state index is 11.9. The maximum atomic E-state index is 11.9. The molecule has 0 aliphatic rings. The lowest BCUT2D eigenvalue weighted by Crippen LogP contribution is -2.20. The van der Waals surface area contributed by atoms with Crippen molar-refractivity contribution in [2.75, 3.05) is 6.61 Å². The molecule has 3 aromatic heterocycles. The van der Waals surface area contributed by atoms with Gasteiger partial charge in [-0.15, -0.1) is 0 Å². The predicted molar refractivity (Wildman–Crippen MR) is 114 cm³/mol. The van der Waals surface area contributed by atoms with E-state index in [9.17, 15) is 35.1 Å². The Balaban J connectivity index is 0.000000280. The van der Waals surface area contributed by atoms with Crippen molar-refractivity contribution in [2.45, 2.75) is 53.6 Å². The average Bonchev–Trinajstić information content (AvgIpc) is 3.28. The third kappa shape index (κ3) is 9.53. The second kappa shape index (κ2) is 12.2. The van der Waals surface area contributed by atoms with Gasteiger partial charge >= 0.3 is 19.0 Å². The summed E-state index contributed by atoms with van der Waals surface area (Å²) in [6.45, 7) is 4.16. The minimum atomic E-state index is -4.41. The number of hydrogen-bond acceptors (Lipinski definition) is 6. The van der Waals surface area contributed by atoms with Crippen LogP contribution in [0.2, 0.25) is 0 Å². The Morgan fingerprint density at radius 3 is 1.46 bits per heavy atom. The molecule has 0 bridgehead atoms. The average molecular weight is 549 g/mol.